The Hall–Kier alpha value is -0.530. The van der Waals surface area contributed by atoms with Gasteiger partial charge >= 0.3 is 0 Å². The van der Waals surface area contributed by atoms with Crippen molar-refractivity contribution in [1.29, 1.82) is 0 Å². The predicted octanol–water partition coefficient (Wildman–Crippen LogP) is 3.55. The number of Topliss-reactive ketones (excluding diaryl/α,β-unsaturated/α-hetero) is 1. The Kier molecular flexibility index (Phi) is 3.57. The molecule has 0 aromatic heterocycles. The number of carbonyl (C=O) groups is 1. The third-order valence-electron chi connectivity index (χ3n) is 1.91. The number of alkyl halides is 2. The lowest BCUT2D eigenvalue weighted by Crippen LogP contribution is -2.28. The van der Waals surface area contributed by atoms with E-state index in [1.807, 2.05) is 30.3 Å². The van der Waals surface area contributed by atoms with Crippen molar-refractivity contribution in [2.75, 3.05) is 0 Å². The Morgan fingerprint density at radius 3 is 2.21 bits per heavy atom. The molecule has 1 rings (SSSR count). The smallest absolute Gasteiger partial charge is 0.175 e. The molecule has 1 aromatic carbocycles. The molecule has 0 aliphatic heterocycles. The summed E-state index contributed by atoms with van der Waals surface area (Å²) < 4.78 is 0. The number of hydrogen-bond acceptors (Lipinski definition) is 1. The van der Waals surface area contributed by atoms with Gasteiger partial charge in [0.2, 0.25) is 0 Å². The first-order chi connectivity index (χ1) is 6.43. The molecule has 0 amide bonds. The van der Waals surface area contributed by atoms with Crippen molar-refractivity contribution < 1.29 is 4.79 Å². The highest BCUT2D eigenvalue weighted by Crippen LogP contribution is 2.29. The molecule has 0 N–H and O–H groups in total. The largest absolute Gasteiger partial charge is 0.296 e. The van der Waals surface area contributed by atoms with Gasteiger partial charge in [-0.15, -0.1) is 23.2 Å². The Bertz CT molecular complexity index is 314. The maximum Gasteiger partial charge on any atom is 0.175 e. The van der Waals surface area contributed by atoms with Crippen molar-refractivity contribution in [3.05, 3.63) is 35.9 Å². The summed E-state index contributed by atoms with van der Waals surface area (Å²) in [6, 6.07) is 9.21. The van der Waals surface area contributed by atoms with E-state index in [2.05, 4.69) is 0 Å². The van der Waals surface area contributed by atoms with Crippen LogP contribution in [0.3, 0.4) is 0 Å². The van der Waals surface area contributed by atoms with Gasteiger partial charge in [-0.2, -0.15) is 0 Å². The Balaban J connectivity index is 2.87. The fraction of sp³-hybridized carbons (Fsp3) is 0.364. The average Bonchev–Trinajstić information content (AvgIpc) is 2.15. The minimum Gasteiger partial charge on any atom is -0.296 e. The summed E-state index contributed by atoms with van der Waals surface area (Å²) >= 11 is 11.9. The van der Waals surface area contributed by atoms with Crippen LogP contribution in [0, 0.1) is 0 Å². The van der Waals surface area contributed by atoms with Crippen molar-refractivity contribution in [2.45, 2.75) is 24.1 Å². The van der Waals surface area contributed by atoms with E-state index in [0.717, 1.165) is 5.56 Å². The number of carbonyl (C=O) groups excluding carboxylic acids is 1. The van der Waals surface area contributed by atoms with Crippen LogP contribution < -0.4 is 0 Å². The molecule has 0 aliphatic rings. The van der Waals surface area contributed by atoms with Gasteiger partial charge in [0.25, 0.3) is 0 Å². The molecule has 0 aliphatic carbocycles. The molecule has 0 saturated heterocycles. The fourth-order valence-corrected chi connectivity index (χ4v) is 1.66. The summed E-state index contributed by atoms with van der Waals surface area (Å²) in [6.07, 6.45) is 0. The fourth-order valence-electron chi connectivity index (χ4n) is 1.07. The van der Waals surface area contributed by atoms with Crippen LogP contribution in [0.4, 0.5) is 0 Å². The van der Waals surface area contributed by atoms with Crippen molar-refractivity contribution in [3.63, 3.8) is 0 Å². The first kappa shape index (κ1) is 11.5. The number of benzene rings is 1. The summed E-state index contributed by atoms with van der Waals surface area (Å²) in [6.45, 7) is 3.30. The number of halogens is 2. The maximum atomic E-state index is 11.7. The third kappa shape index (κ3) is 2.73. The van der Waals surface area contributed by atoms with Crippen LogP contribution in [0.2, 0.25) is 0 Å². The topological polar surface area (TPSA) is 17.1 Å². The van der Waals surface area contributed by atoms with Crippen LogP contribution >= 0.6 is 23.2 Å². The molecular weight excluding hydrogens is 219 g/mol. The van der Waals surface area contributed by atoms with Crippen LogP contribution in [0.1, 0.15) is 24.8 Å². The van der Waals surface area contributed by atoms with Crippen LogP contribution in [0.15, 0.2) is 30.3 Å². The molecule has 0 heterocycles. The van der Waals surface area contributed by atoms with Crippen molar-refractivity contribution in [2.24, 2.45) is 0 Å². The quantitative estimate of drug-likeness (QED) is 0.727. The van der Waals surface area contributed by atoms with Gasteiger partial charge in [0.15, 0.2) is 5.78 Å². The predicted molar refractivity (Wildman–Crippen MR) is 60.0 cm³/mol. The Morgan fingerprint density at radius 2 is 1.79 bits per heavy atom. The number of rotatable bonds is 3. The summed E-state index contributed by atoms with van der Waals surface area (Å²) in [4.78, 5) is 10.8. The lowest BCUT2D eigenvalue weighted by Gasteiger charge is -2.18. The van der Waals surface area contributed by atoms with Gasteiger partial charge in [0.1, 0.15) is 5.38 Å². The molecule has 0 fully saturated rings. The molecule has 0 radical (unpaired) electrons. The van der Waals surface area contributed by atoms with E-state index in [4.69, 9.17) is 23.2 Å². The van der Waals surface area contributed by atoms with E-state index in [9.17, 15) is 4.79 Å². The Labute approximate surface area is 94.0 Å². The zero-order chi connectivity index (χ0) is 10.8. The SMILES string of the molecule is CC(C)(Cl)C(=O)C(Cl)c1ccccc1. The van der Waals surface area contributed by atoms with Gasteiger partial charge in [-0.3, -0.25) is 4.79 Å². The zero-order valence-corrected chi connectivity index (χ0v) is 9.64. The van der Waals surface area contributed by atoms with E-state index >= 15 is 0 Å². The molecule has 0 saturated carbocycles. The molecule has 76 valence electrons. The van der Waals surface area contributed by atoms with Crippen molar-refractivity contribution >= 4 is 29.0 Å². The van der Waals surface area contributed by atoms with Gasteiger partial charge < -0.3 is 0 Å². The second-order valence-electron chi connectivity index (χ2n) is 3.61. The van der Waals surface area contributed by atoms with E-state index in [1.165, 1.54) is 0 Å². The number of hydrogen-bond donors (Lipinski definition) is 0. The second-order valence-corrected chi connectivity index (χ2v) is 4.99. The lowest BCUT2D eigenvalue weighted by atomic mass is 10.00. The summed E-state index contributed by atoms with van der Waals surface area (Å²) in [5.41, 5.74) is 0.785. The van der Waals surface area contributed by atoms with Crippen LogP contribution in [-0.4, -0.2) is 10.7 Å². The summed E-state index contributed by atoms with van der Waals surface area (Å²) in [5.74, 6) is -0.174. The summed E-state index contributed by atoms with van der Waals surface area (Å²) in [5, 5.41) is -0.663. The van der Waals surface area contributed by atoms with Crippen LogP contribution in [-0.2, 0) is 4.79 Å². The van der Waals surface area contributed by atoms with Crippen LogP contribution in [0.5, 0.6) is 0 Å². The van der Waals surface area contributed by atoms with Gasteiger partial charge in [-0.1, -0.05) is 30.3 Å². The molecular formula is C11H12Cl2O. The molecule has 1 unspecified atom stereocenters. The maximum absolute atomic E-state index is 11.7. The molecule has 1 atom stereocenters. The van der Waals surface area contributed by atoms with E-state index in [-0.39, 0.29) is 5.78 Å². The van der Waals surface area contributed by atoms with E-state index < -0.39 is 10.3 Å². The monoisotopic (exact) mass is 230 g/mol. The minimum absolute atomic E-state index is 0.174. The van der Waals surface area contributed by atoms with E-state index in [1.54, 1.807) is 13.8 Å². The highest BCUT2D eigenvalue weighted by molar-refractivity contribution is 6.42. The van der Waals surface area contributed by atoms with Gasteiger partial charge in [-0.05, 0) is 19.4 Å². The standard InChI is InChI=1S/C11H12Cl2O/c1-11(2,13)10(14)9(12)8-6-4-3-5-7-8/h3-7,9H,1-2H3. The molecule has 0 bridgehead atoms. The van der Waals surface area contributed by atoms with Gasteiger partial charge in [-0.25, -0.2) is 0 Å². The van der Waals surface area contributed by atoms with E-state index in [0.29, 0.717) is 0 Å². The Morgan fingerprint density at radius 1 is 1.29 bits per heavy atom. The van der Waals surface area contributed by atoms with Gasteiger partial charge in [0.05, 0.1) is 4.87 Å². The van der Waals surface area contributed by atoms with Crippen molar-refractivity contribution in [3.8, 4) is 0 Å². The molecule has 0 spiro atoms. The first-order valence-electron chi connectivity index (χ1n) is 4.35. The van der Waals surface area contributed by atoms with Crippen LogP contribution in [0.25, 0.3) is 0 Å². The first-order valence-corrected chi connectivity index (χ1v) is 5.16. The normalized spacial score (nSPS) is 13.7. The highest BCUT2D eigenvalue weighted by atomic mass is 35.5. The van der Waals surface area contributed by atoms with Crippen molar-refractivity contribution in [1.82, 2.24) is 0 Å². The second kappa shape index (κ2) is 4.33. The molecule has 1 nitrogen and oxygen atoms in total. The molecule has 14 heavy (non-hydrogen) atoms. The van der Waals surface area contributed by atoms with Gasteiger partial charge in [0, 0.05) is 0 Å². The molecule has 3 heteroatoms. The third-order valence-corrected chi connectivity index (χ3v) is 2.54. The summed E-state index contributed by atoms with van der Waals surface area (Å²) in [7, 11) is 0. The number of ketones is 1. The lowest BCUT2D eigenvalue weighted by molar-refractivity contribution is -0.120. The minimum atomic E-state index is -0.914. The average molecular weight is 231 g/mol. The highest BCUT2D eigenvalue weighted by Gasteiger charge is 2.31. The molecule has 1 aromatic rings. The zero-order valence-electron chi connectivity index (χ0n) is 8.13.